The second kappa shape index (κ2) is 8.88. The first kappa shape index (κ1) is 21.8. The number of nitrogens with one attached hydrogen (secondary N) is 1. The molecule has 160 valence electrons. The summed E-state index contributed by atoms with van der Waals surface area (Å²) >= 11 is 0. The summed E-state index contributed by atoms with van der Waals surface area (Å²) < 4.78 is 11.6. The first-order valence-electron chi connectivity index (χ1n) is 10.2. The number of carboxylic acid groups (broad SMARTS) is 1. The lowest BCUT2D eigenvalue weighted by Gasteiger charge is -2.26. The van der Waals surface area contributed by atoms with E-state index >= 15 is 0 Å². The van der Waals surface area contributed by atoms with Crippen LogP contribution in [0.2, 0.25) is 0 Å². The van der Waals surface area contributed by atoms with Crippen LogP contribution in [0.25, 0.3) is 10.8 Å². The van der Waals surface area contributed by atoms with Crippen molar-refractivity contribution in [2.75, 3.05) is 0 Å². The van der Waals surface area contributed by atoms with Gasteiger partial charge in [-0.25, -0.2) is 9.59 Å². The average Bonchev–Trinajstić information content (AvgIpc) is 3.07. The zero-order valence-corrected chi connectivity index (χ0v) is 17.6. The molecule has 0 bridgehead atoms. The maximum atomic E-state index is 12.3. The number of carbonyl (C=O) groups excluding carboxylic acids is 1. The molecule has 0 aliphatic carbocycles. The number of hydrogen-bond acceptors (Lipinski definition) is 4. The fraction of sp³-hybridized carbons (Fsp3) is 0.417. The van der Waals surface area contributed by atoms with Crippen LogP contribution in [-0.4, -0.2) is 34.9 Å². The Morgan fingerprint density at radius 1 is 1.27 bits per heavy atom. The third-order valence-electron chi connectivity index (χ3n) is 5.24. The summed E-state index contributed by atoms with van der Waals surface area (Å²) in [5.41, 5.74) is 0.303. The van der Waals surface area contributed by atoms with Gasteiger partial charge in [0.25, 0.3) is 0 Å². The molecule has 1 unspecified atom stereocenters. The van der Waals surface area contributed by atoms with E-state index in [1.807, 2.05) is 42.5 Å². The van der Waals surface area contributed by atoms with Crippen LogP contribution in [0.15, 0.2) is 55.1 Å². The fourth-order valence-corrected chi connectivity index (χ4v) is 4.03. The lowest BCUT2D eigenvalue weighted by Crippen LogP contribution is -2.49. The number of carboxylic acids is 1. The van der Waals surface area contributed by atoms with E-state index in [4.69, 9.17) is 9.47 Å². The van der Waals surface area contributed by atoms with E-state index in [1.165, 1.54) is 0 Å². The van der Waals surface area contributed by atoms with Crippen molar-refractivity contribution in [3.8, 4) is 0 Å². The van der Waals surface area contributed by atoms with Gasteiger partial charge in [-0.2, -0.15) is 0 Å². The number of amides is 1. The van der Waals surface area contributed by atoms with Crippen molar-refractivity contribution < 1.29 is 24.2 Å². The summed E-state index contributed by atoms with van der Waals surface area (Å²) in [6.45, 7) is 8.98. The molecule has 2 aromatic rings. The second-order valence-electron chi connectivity index (χ2n) is 8.62. The van der Waals surface area contributed by atoms with Gasteiger partial charge in [0.05, 0.1) is 12.2 Å². The first-order valence-corrected chi connectivity index (χ1v) is 10.2. The Labute approximate surface area is 176 Å². The number of rotatable bonds is 6. The maximum Gasteiger partial charge on any atom is 0.408 e. The molecule has 30 heavy (non-hydrogen) atoms. The standard InChI is InChI=1S/C24H29NO5/c1-5-9-19-18(21(22(26)27)25-23(28)30-24(2,3)4)14-20(29-19)17-13-8-11-15-10-6-7-12-16(15)17/h5-8,10-13,18-21H,1,9,14H2,2-4H3,(H,25,28)(H,26,27)/t18-,19-,20+,21?/m0/s1. The number of benzene rings is 2. The normalized spacial score (nSPS) is 22.4. The van der Waals surface area contributed by atoms with Crippen molar-refractivity contribution >= 4 is 22.8 Å². The van der Waals surface area contributed by atoms with Crippen LogP contribution in [0.5, 0.6) is 0 Å². The van der Waals surface area contributed by atoms with Gasteiger partial charge < -0.3 is 19.9 Å². The number of carbonyl (C=O) groups is 2. The highest BCUT2D eigenvalue weighted by Crippen LogP contribution is 2.42. The molecule has 2 N–H and O–H groups in total. The van der Waals surface area contributed by atoms with Crippen LogP contribution in [0.3, 0.4) is 0 Å². The third-order valence-corrected chi connectivity index (χ3v) is 5.24. The molecular weight excluding hydrogens is 382 g/mol. The minimum absolute atomic E-state index is 0.270. The van der Waals surface area contributed by atoms with Crippen molar-refractivity contribution in [3.63, 3.8) is 0 Å². The van der Waals surface area contributed by atoms with Crippen LogP contribution < -0.4 is 5.32 Å². The molecule has 0 aromatic heterocycles. The summed E-state index contributed by atoms with van der Waals surface area (Å²) in [7, 11) is 0. The third kappa shape index (κ3) is 5.00. The van der Waals surface area contributed by atoms with Gasteiger partial charge in [-0.15, -0.1) is 6.58 Å². The van der Waals surface area contributed by atoms with Crippen molar-refractivity contribution in [1.82, 2.24) is 5.32 Å². The Morgan fingerprint density at radius 3 is 2.63 bits per heavy atom. The zero-order valence-electron chi connectivity index (χ0n) is 17.6. The summed E-state index contributed by atoms with van der Waals surface area (Å²) in [4.78, 5) is 24.3. The van der Waals surface area contributed by atoms with Crippen LogP contribution in [-0.2, 0) is 14.3 Å². The minimum Gasteiger partial charge on any atom is -0.480 e. The van der Waals surface area contributed by atoms with E-state index in [1.54, 1.807) is 26.8 Å². The summed E-state index contributed by atoms with van der Waals surface area (Å²) in [5, 5.41) is 14.6. The Bertz CT molecular complexity index is 927. The zero-order chi connectivity index (χ0) is 21.9. The Morgan fingerprint density at radius 2 is 1.97 bits per heavy atom. The number of aliphatic carboxylic acids is 1. The molecule has 1 saturated heterocycles. The maximum absolute atomic E-state index is 12.3. The van der Waals surface area contributed by atoms with E-state index in [-0.39, 0.29) is 12.2 Å². The average molecular weight is 411 g/mol. The van der Waals surface area contributed by atoms with E-state index in [2.05, 4.69) is 11.9 Å². The quantitative estimate of drug-likeness (QED) is 0.665. The number of alkyl carbamates (subject to hydrolysis) is 1. The van der Waals surface area contributed by atoms with Crippen molar-refractivity contribution in [2.45, 2.75) is 57.5 Å². The van der Waals surface area contributed by atoms with Crippen LogP contribution in [0.4, 0.5) is 4.79 Å². The van der Waals surface area contributed by atoms with Gasteiger partial charge >= 0.3 is 12.1 Å². The highest BCUT2D eigenvalue weighted by molar-refractivity contribution is 5.86. The van der Waals surface area contributed by atoms with Crippen LogP contribution in [0, 0.1) is 5.92 Å². The van der Waals surface area contributed by atoms with E-state index in [0.29, 0.717) is 12.8 Å². The molecule has 3 rings (SSSR count). The van der Waals surface area contributed by atoms with Crippen molar-refractivity contribution in [1.29, 1.82) is 0 Å². The lowest BCUT2D eigenvalue weighted by molar-refractivity contribution is -0.141. The monoisotopic (exact) mass is 411 g/mol. The molecule has 0 radical (unpaired) electrons. The number of fused-ring (bicyclic) bond motifs is 1. The molecule has 1 heterocycles. The highest BCUT2D eigenvalue weighted by Gasteiger charge is 2.44. The first-order chi connectivity index (χ1) is 14.2. The molecule has 1 aliphatic heterocycles. The Kier molecular flexibility index (Phi) is 6.46. The van der Waals surface area contributed by atoms with E-state index in [0.717, 1.165) is 16.3 Å². The molecule has 0 spiro atoms. The van der Waals surface area contributed by atoms with Gasteiger partial charge in [0.15, 0.2) is 0 Å². The predicted octanol–water partition coefficient (Wildman–Crippen LogP) is 4.84. The summed E-state index contributed by atoms with van der Waals surface area (Å²) in [6, 6.07) is 12.9. The second-order valence-corrected chi connectivity index (χ2v) is 8.62. The van der Waals surface area contributed by atoms with Gasteiger partial charge in [0.2, 0.25) is 0 Å². The van der Waals surface area contributed by atoms with Gasteiger partial charge in [0, 0.05) is 5.92 Å². The topological polar surface area (TPSA) is 84.9 Å². The van der Waals surface area contributed by atoms with Gasteiger partial charge in [0.1, 0.15) is 11.6 Å². The molecule has 0 saturated carbocycles. The molecule has 6 heteroatoms. The van der Waals surface area contributed by atoms with Crippen molar-refractivity contribution in [2.24, 2.45) is 5.92 Å². The Balaban J connectivity index is 1.87. The van der Waals surface area contributed by atoms with Crippen molar-refractivity contribution in [3.05, 3.63) is 60.7 Å². The molecule has 4 atom stereocenters. The van der Waals surface area contributed by atoms with Gasteiger partial charge in [-0.1, -0.05) is 48.5 Å². The molecule has 6 nitrogen and oxygen atoms in total. The SMILES string of the molecule is C=CC[C@@H]1O[C@@H](c2cccc3ccccc23)C[C@@H]1C(NC(=O)OC(C)(C)C)C(=O)O. The van der Waals surface area contributed by atoms with E-state index < -0.39 is 29.6 Å². The largest absolute Gasteiger partial charge is 0.480 e. The lowest BCUT2D eigenvalue weighted by atomic mass is 9.87. The fourth-order valence-electron chi connectivity index (χ4n) is 4.03. The molecular formula is C24H29NO5. The van der Waals surface area contributed by atoms with Crippen LogP contribution >= 0.6 is 0 Å². The molecule has 1 aliphatic rings. The molecule has 1 amide bonds. The smallest absolute Gasteiger partial charge is 0.408 e. The highest BCUT2D eigenvalue weighted by atomic mass is 16.6. The van der Waals surface area contributed by atoms with Gasteiger partial charge in [-0.05, 0) is 49.9 Å². The van der Waals surface area contributed by atoms with E-state index in [9.17, 15) is 14.7 Å². The summed E-state index contributed by atoms with van der Waals surface area (Å²) in [5.74, 6) is -1.53. The molecule has 1 fully saturated rings. The Hall–Kier alpha value is -2.86. The predicted molar refractivity (Wildman–Crippen MR) is 115 cm³/mol. The molecule has 2 aromatic carbocycles. The summed E-state index contributed by atoms with van der Waals surface area (Å²) in [6.07, 6.45) is 1.29. The number of ether oxygens (including phenoxy) is 2. The van der Waals surface area contributed by atoms with Gasteiger partial charge in [-0.3, -0.25) is 0 Å². The van der Waals surface area contributed by atoms with Crippen LogP contribution in [0.1, 0.15) is 45.3 Å². The number of hydrogen-bond donors (Lipinski definition) is 2. The minimum atomic E-state index is -1.12.